The molecule has 2 aliphatic rings. The van der Waals surface area contributed by atoms with Crippen LogP contribution in [0.15, 0.2) is 53.9 Å². The molecular weight excluding hydrogens is 542 g/mol. The van der Waals surface area contributed by atoms with E-state index < -0.39 is 5.54 Å². The molecule has 40 heavy (non-hydrogen) atoms. The lowest BCUT2D eigenvalue weighted by atomic mass is 9.96. The number of thiazole rings is 1. The van der Waals surface area contributed by atoms with E-state index in [0.717, 1.165) is 45.4 Å². The van der Waals surface area contributed by atoms with Gasteiger partial charge >= 0.3 is 0 Å². The van der Waals surface area contributed by atoms with E-state index in [2.05, 4.69) is 70.5 Å². The molecule has 9 nitrogen and oxygen atoms in total. The molecule has 1 fully saturated rings. The number of hydrazine groups is 2. The van der Waals surface area contributed by atoms with Crippen molar-refractivity contribution in [2.24, 2.45) is 5.41 Å². The topological polar surface area (TPSA) is 125 Å². The molecule has 4 aromatic rings. The van der Waals surface area contributed by atoms with Crippen LogP contribution in [0.2, 0.25) is 5.02 Å². The Bertz CT molecular complexity index is 1740. The molecule has 0 saturated heterocycles. The SMILES string of the molecule is CC(C)(C)CNc1c(C#N)cnc2c(Cl)cc(N[C@H](C3=CN(C4(C#N)CC4)NN3)c3cccc4ncsc34)cc12. The molecule has 0 radical (unpaired) electrons. The molecule has 2 aromatic heterocycles. The van der Waals surface area contributed by atoms with Gasteiger partial charge in [0.1, 0.15) is 11.6 Å². The second-order valence-electron chi connectivity index (χ2n) is 11.4. The summed E-state index contributed by atoms with van der Waals surface area (Å²) in [5, 5.41) is 29.8. The molecule has 6 rings (SSSR count). The third-order valence-electron chi connectivity index (χ3n) is 7.14. The Balaban J connectivity index is 1.45. The standard InChI is InChI=1S/C29H28ClN9S/c1-28(2,3)15-34-24-17(11-31)12-33-25-20(24)9-18(10-21(25)30)36-26(19-5-4-6-22-27(19)40-16-35-22)23-13-39(38-37-23)29(14-32)7-8-29/h4-6,9-10,12-13,16,26,36-38H,7-8,15H2,1-3H3,(H,33,34)/t26-/m0/s1. The van der Waals surface area contributed by atoms with E-state index in [1.807, 2.05) is 41.0 Å². The molecule has 1 atom stereocenters. The lowest BCUT2D eigenvalue weighted by Gasteiger charge is -2.24. The largest absolute Gasteiger partial charge is 0.383 e. The minimum atomic E-state index is -0.533. The highest BCUT2D eigenvalue weighted by atomic mass is 35.5. The van der Waals surface area contributed by atoms with Crippen LogP contribution in [0.1, 0.15) is 50.8 Å². The number of nitrogens with one attached hydrogen (secondary N) is 4. The summed E-state index contributed by atoms with van der Waals surface area (Å²) in [7, 11) is 0. The van der Waals surface area contributed by atoms with Gasteiger partial charge in [-0.25, -0.2) is 4.98 Å². The van der Waals surface area contributed by atoms with E-state index in [4.69, 9.17) is 11.6 Å². The highest BCUT2D eigenvalue weighted by molar-refractivity contribution is 7.17. The van der Waals surface area contributed by atoms with Gasteiger partial charge in [0.2, 0.25) is 0 Å². The number of aromatic nitrogens is 2. The van der Waals surface area contributed by atoms with Crippen LogP contribution in [0, 0.1) is 28.1 Å². The van der Waals surface area contributed by atoms with Gasteiger partial charge in [-0.3, -0.25) is 9.99 Å². The molecule has 1 saturated carbocycles. The Morgan fingerprint density at radius 3 is 2.77 bits per heavy atom. The minimum Gasteiger partial charge on any atom is -0.383 e. The summed E-state index contributed by atoms with van der Waals surface area (Å²) in [5.41, 5.74) is 13.1. The summed E-state index contributed by atoms with van der Waals surface area (Å²) in [6.45, 7) is 7.08. The van der Waals surface area contributed by atoms with Gasteiger partial charge in [-0.15, -0.1) is 16.9 Å². The van der Waals surface area contributed by atoms with Crippen molar-refractivity contribution in [2.75, 3.05) is 17.2 Å². The van der Waals surface area contributed by atoms with Crippen LogP contribution in [0.5, 0.6) is 0 Å². The molecule has 3 heterocycles. The van der Waals surface area contributed by atoms with Crippen LogP contribution >= 0.6 is 22.9 Å². The number of halogens is 1. The summed E-state index contributed by atoms with van der Waals surface area (Å²) >= 11 is 8.37. The maximum Gasteiger partial charge on any atom is 0.143 e. The zero-order chi connectivity index (χ0) is 28.1. The number of hydrogen-bond donors (Lipinski definition) is 4. The van der Waals surface area contributed by atoms with Gasteiger partial charge in [-0.1, -0.05) is 44.5 Å². The maximum atomic E-state index is 9.85. The van der Waals surface area contributed by atoms with Crippen LogP contribution in [0.3, 0.4) is 0 Å². The van der Waals surface area contributed by atoms with E-state index >= 15 is 0 Å². The Kier molecular flexibility index (Phi) is 6.42. The number of hydrogen-bond acceptors (Lipinski definition) is 10. The first-order valence-electron chi connectivity index (χ1n) is 13.0. The molecule has 202 valence electrons. The first-order valence-corrected chi connectivity index (χ1v) is 14.3. The summed E-state index contributed by atoms with van der Waals surface area (Å²) in [5.74, 6) is 0. The summed E-state index contributed by atoms with van der Waals surface area (Å²) in [4.78, 5) is 9.01. The van der Waals surface area contributed by atoms with Crippen molar-refractivity contribution in [2.45, 2.75) is 45.2 Å². The van der Waals surface area contributed by atoms with Crippen LogP contribution in [-0.2, 0) is 0 Å². The van der Waals surface area contributed by atoms with Crippen LogP contribution in [-0.4, -0.2) is 27.1 Å². The lowest BCUT2D eigenvalue weighted by molar-refractivity contribution is 0.217. The summed E-state index contributed by atoms with van der Waals surface area (Å²) < 4.78 is 1.07. The second-order valence-corrected chi connectivity index (χ2v) is 12.6. The molecule has 1 aliphatic carbocycles. The zero-order valence-corrected chi connectivity index (χ0v) is 23.9. The predicted octanol–water partition coefficient (Wildman–Crippen LogP) is 6.20. The quantitative estimate of drug-likeness (QED) is 0.206. The van der Waals surface area contributed by atoms with Gasteiger partial charge in [0.25, 0.3) is 0 Å². The number of nitriles is 2. The number of pyridine rings is 1. The number of fused-ring (bicyclic) bond motifs is 2. The van der Waals surface area contributed by atoms with Gasteiger partial charge in [0.05, 0.1) is 55.3 Å². The normalized spacial score (nSPS) is 16.6. The smallest absolute Gasteiger partial charge is 0.143 e. The van der Waals surface area contributed by atoms with Crippen molar-refractivity contribution in [1.29, 1.82) is 10.5 Å². The van der Waals surface area contributed by atoms with E-state index in [1.54, 1.807) is 17.5 Å². The van der Waals surface area contributed by atoms with Gasteiger partial charge in [-0.05, 0) is 42.0 Å². The highest BCUT2D eigenvalue weighted by Crippen LogP contribution is 2.43. The Labute approximate surface area is 241 Å². The molecule has 0 bridgehead atoms. The van der Waals surface area contributed by atoms with Crippen molar-refractivity contribution >= 4 is 55.4 Å². The fourth-order valence-electron chi connectivity index (χ4n) is 4.83. The van der Waals surface area contributed by atoms with Crippen molar-refractivity contribution in [3.8, 4) is 12.1 Å². The number of rotatable bonds is 7. The van der Waals surface area contributed by atoms with E-state index in [-0.39, 0.29) is 11.5 Å². The number of benzene rings is 2. The molecule has 0 unspecified atom stereocenters. The monoisotopic (exact) mass is 569 g/mol. The first-order chi connectivity index (χ1) is 19.2. The second kappa shape index (κ2) is 9.83. The zero-order valence-electron chi connectivity index (χ0n) is 22.3. The summed E-state index contributed by atoms with van der Waals surface area (Å²) in [6.07, 6.45) is 5.14. The van der Waals surface area contributed by atoms with E-state index in [1.165, 1.54) is 0 Å². The molecule has 0 spiro atoms. The average molecular weight is 570 g/mol. The van der Waals surface area contributed by atoms with Crippen molar-refractivity contribution in [1.82, 2.24) is 25.9 Å². The maximum absolute atomic E-state index is 9.85. The number of nitrogens with zero attached hydrogens (tertiary/aromatic N) is 5. The first kappa shape index (κ1) is 26.1. The minimum absolute atomic E-state index is 0.00231. The summed E-state index contributed by atoms with van der Waals surface area (Å²) in [6, 6.07) is 14.3. The predicted molar refractivity (Wildman–Crippen MR) is 159 cm³/mol. The Hall–Kier alpha value is -4.09. The molecular formula is C29H28ClN9S. The van der Waals surface area contributed by atoms with Crippen molar-refractivity contribution in [3.05, 3.63) is 70.1 Å². The van der Waals surface area contributed by atoms with Gasteiger partial charge in [0, 0.05) is 30.0 Å². The van der Waals surface area contributed by atoms with Crippen molar-refractivity contribution in [3.63, 3.8) is 0 Å². The Morgan fingerprint density at radius 1 is 1.23 bits per heavy atom. The average Bonchev–Trinajstić information content (AvgIpc) is 3.31. The van der Waals surface area contributed by atoms with Gasteiger partial charge in [0.15, 0.2) is 0 Å². The third kappa shape index (κ3) is 4.75. The van der Waals surface area contributed by atoms with Crippen LogP contribution in [0.4, 0.5) is 11.4 Å². The van der Waals surface area contributed by atoms with Crippen LogP contribution < -0.4 is 21.6 Å². The van der Waals surface area contributed by atoms with E-state index in [9.17, 15) is 10.5 Å². The molecule has 1 aliphatic heterocycles. The molecule has 0 amide bonds. The lowest BCUT2D eigenvalue weighted by Crippen LogP contribution is -2.44. The van der Waals surface area contributed by atoms with Crippen molar-refractivity contribution < 1.29 is 0 Å². The van der Waals surface area contributed by atoms with Gasteiger partial charge in [-0.2, -0.15) is 10.5 Å². The fourth-order valence-corrected chi connectivity index (χ4v) is 5.93. The van der Waals surface area contributed by atoms with E-state index in [0.29, 0.717) is 28.3 Å². The molecule has 4 N–H and O–H groups in total. The molecule has 11 heteroatoms. The fraction of sp³-hybridized carbons (Fsp3) is 0.310. The molecule has 2 aromatic carbocycles. The van der Waals surface area contributed by atoms with Gasteiger partial charge < -0.3 is 16.1 Å². The Morgan fingerprint density at radius 2 is 2.05 bits per heavy atom. The third-order valence-corrected chi connectivity index (χ3v) is 8.32. The number of anilines is 2. The van der Waals surface area contributed by atoms with Crippen LogP contribution in [0.25, 0.3) is 21.1 Å². The highest BCUT2D eigenvalue weighted by Gasteiger charge is 2.50.